The third kappa shape index (κ3) is 6.19. The van der Waals surface area contributed by atoms with Crippen LogP contribution in [0.1, 0.15) is 0 Å². The summed E-state index contributed by atoms with van der Waals surface area (Å²) in [6.07, 6.45) is 1.36. The Morgan fingerprint density at radius 2 is 1.11 bits per heavy atom. The third-order valence-electron chi connectivity index (χ3n) is 4.70. The number of ether oxygens (including phenoxy) is 2. The van der Waals surface area contributed by atoms with Crippen LogP contribution in [0.5, 0.6) is 0 Å². The molecule has 4 rings (SSSR count). The van der Waals surface area contributed by atoms with Crippen LogP contribution in [0.15, 0.2) is 22.2 Å². The van der Waals surface area contributed by atoms with E-state index in [4.69, 9.17) is 41.4 Å². The van der Waals surface area contributed by atoms with E-state index in [1.54, 1.807) is 0 Å². The van der Waals surface area contributed by atoms with Crippen LogP contribution in [-0.4, -0.2) is 98.1 Å². The molecule has 196 valence electrons. The van der Waals surface area contributed by atoms with Crippen molar-refractivity contribution >= 4 is 34.2 Å². The van der Waals surface area contributed by atoms with Gasteiger partial charge in [0.05, 0.1) is 39.1 Å². The summed E-state index contributed by atoms with van der Waals surface area (Å²) < 4.78 is 13.3. The molecule has 10 N–H and O–H groups in total. The Kier molecular flexibility index (Phi) is 9.00. The maximum atomic E-state index is 11.5. The first-order valence-electron chi connectivity index (χ1n) is 10.4. The number of aliphatic hydroxyl groups excluding tert-OH is 4. The van der Waals surface area contributed by atoms with Gasteiger partial charge in [-0.2, -0.15) is 9.97 Å². The van der Waals surface area contributed by atoms with Crippen LogP contribution in [-0.2, 0) is 22.9 Å². The SMILES string of the molecule is Nc1nc2c(ncn2COC(CO)CO)c(=O)[nH]1.Nc1nc2c(ncn2COC(CO)CO)c(=O)[nH]1. The van der Waals surface area contributed by atoms with E-state index in [2.05, 4.69) is 29.9 Å². The first kappa shape index (κ1) is 26.7. The molecular formula is C18H26N10O8. The zero-order valence-electron chi connectivity index (χ0n) is 18.8. The van der Waals surface area contributed by atoms with Crippen molar-refractivity contribution in [2.75, 3.05) is 37.9 Å². The van der Waals surface area contributed by atoms with Gasteiger partial charge in [-0.05, 0) is 0 Å². The van der Waals surface area contributed by atoms with Gasteiger partial charge in [0.25, 0.3) is 11.1 Å². The molecule has 0 radical (unpaired) electrons. The molecule has 0 aromatic carbocycles. The number of aromatic nitrogens is 8. The second kappa shape index (κ2) is 12.2. The zero-order valence-corrected chi connectivity index (χ0v) is 18.8. The topological polar surface area (TPSA) is 279 Å². The normalized spacial score (nSPS) is 11.5. The Morgan fingerprint density at radius 1 is 0.750 bits per heavy atom. The minimum Gasteiger partial charge on any atom is -0.394 e. The quantitative estimate of drug-likeness (QED) is 0.101. The van der Waals surface area contributed by atoms with Gasteiger partial charge in [0.15, 0.2) is 22.3 Å². The van der Waals surface area contributed by atoms with Gasteiger partial charge in [0.2, 0.25) is 11.9 Å². The largest absolute Gasteiger partial charge is 0.394 e. The van der Waals surface area contributed by atoms with Gasteiger partial charge in [-0.1, -0.05) is 0 Å². The lowest BCUT2D eigenvalue weighted by Gasteiger charge is -2.12. The van der Waals surface area contributed by atoms with Crippen molar-refractivity contribution in [3.05, 3.63) is 33.4 Å². The molecule has 0 saturated carbocycles. The average molecular weight is 510 g/mol. The summed E-state index contributed by atoms with van der Waals surface area (Å²) in [5.41, 5.74) is 10.9. The number of nitrogen functional groups attached to an aromatic ring is 2. The van der Waals surface area contributed by atoms with Crippen LogP contribution in [0, 0.1) is 0 Å². The average Bonchev–Trinajstić information content (AvgIpc) is 3.45. The van der Waals surface area contributed by atoms with Gasteiger partial charge in [-0.3, -0.25) is 28.7 Å². The van der Waals surface area contributed by atoms with Gasteiger partial charge in [0.1, 0.15) is 25.7 Å². The standard InChI is InChI=1S/2C9H13N5O4/c2*10-9-12-7-6(8(17)13-9)11-3-14(7)4-18-5(1-15)2-16/h2*3,5,15-16H,1-2,4H2,(H3,10,12,13,17). The molecule has 4 aromatic rings. The number of hydrogen-bond donors (Lipinski definition) is 8. The van der Waals surface area contributed by atoms with Gasteiger partial charge in [-0.15, -0.1) is 0 Å². The molecule has 0 aliphatic heterocycles. The highest BCUT2D eigenvalue weighted by atomic mass is 16.5. The van der Waals surface area contributed by atoms with E-state index < -0.39 is 23.3 Å². The summed E-state index contributed by atoms with van der Waals surface area (Å²) in [6, 6.07) is 0. The van der Waals surface area contributed by atoms with Crippen molar-refractivity contribution in [3.63, 3.8) is 0 Å². The fourth-order valence-corrected chi connectivity index (χ4v) is 2.83. The minimum atomic E-state index is -0.693. The lowest BCUT2D eigenvalue weighted by Crippen LogP contribution is -2.23. The number of nitrogens with one attached hydrogen (secondary N) is 2. The molecule has 18 heteroatoms. The van der Waals surface area contributed by atoms with E-state index in [-0.39, 0.29) is 74.1 Å². The Hall–Kier alpha value is -3.94. The number of aliphatic hydroxyl groups is 4. The van der Waals surface area contributed by atoms with Crippen molar-refractivity contribution in [2.45, 2.75) is 25.7 Å². The molecule has 0 aliphatic rings. The maximum Gasteiger partial charge on any atom is 0.280 e. The molecule has 0 unspecified atom stereocenters. The second-order valence-corrected chi connectivity index (χ2v) is 7.24. The van der Waals surface area contributed by atoms with Gasteiger partial charge in [0, 0.05) is 0 Å². The number of nitrogens with zero attached hydrogens (tertiary/aromatic N) is 6. The predicted molar refractivity (Wildman–Crippen MR) is 123 cm³/mol. The summed E-state index contributed by atoms with van der Waals surface area (Å²) in [7, 11) is 0. The number of aromatic amines is 2. The highest BCUT2D eigenvalue weighted by Gasteiger charge is 2.12. The first-order valence-corrected chi connectivity index (χ1v) is 10.4. The summed E-state index contributed by atoms with van der Waals surface area (Å²) in [4.78, 5) is 43.3. The van der Waals surface area contributed by atoms with E-state index in [9.17, 15) is 9.59 Å². The molecule has 4 heterocycles. The molecule has 0 spiro atoms. The van der Waals surface area contributed by atoms with E-state index in [0.717, 1.165) is 0 Å². The van der Waals surface area contributed by atoms with Crippen molar-refractivity contribution in [2.24, 2.45) is 0 Å². The van der Waals surface area contributed by atoms with Crippen molar-refractivity contribution in [3.8, 4) is 0 Å². The zero-order chi connectivity index (χ0) is 26.2. The molecule has 0 fully saturated rings. The van der Waals surface area contributed by atoms with Gasteiger partial charge < -0.3 is 41.4 Å². The predicted octanol–water partition coefficient (Wildman–Crippen LogP) is -3.94. The van der Waals surface area contributed by atoms with Crippen LogP contribution < -0.4 is 22.6 Å². The number of fused-ring (bicyclic) bond motifs is 2. The molecule has 0 atom stereocenters. The Morgan fingerprint density at radius 3 is 1.44 bits per heavy atom. The first-order chi connectivity index (χ1) is 17.3. The lowest BCUT2D eigenvalue weighted by molar-refractivity contribution is -0.0488. The third-order valence-corrected chi connectivity index (χ3v) is 4.70. The van der Waals surface area contributed by atoms with E-state index in [0.29, 0.717) is 0 Å². The number of rotatable bonds is 10. The number of anilines is 2. The number of imidazole rings is 2. The Bertz CT molecular complexity index is 1280. The number of hydrogen-bond acceptors (Lipinski definition) is 14. The van der Waals surface area contributed by atoms with Crippen molar-refractivity contribution in [1.29, 1.82) is 0 Å². The van der Waals surface area contributed by atoms with E-state index in [1.807, 2.05) is 0 Å². The molecule has 0 bridgehead atoms. The monoisotopic (exact) mass is 510 g/mol. The fourth-order valence-electron chi connectivity index (χ4n) is 2.83. The molecule has 0 amide bonds. The number of nitrogens with two attached hydrogens (primary N) is 2. The van der Waals surface area contributed by atoms with Crippen LogP contribution >= 0.6 is 0 Å². The van der Waals surface area contributed by atoms with Crippen LogP contribution in [0.3, 0.4) is 0 Å². The molecular weight excluding hydrogens is 484 g/mol. The van der Waals surface area contributed by atoms with Crippen LogP contribution in [0.2, 0.25) is 0 Å². The molecule has 0 saturated heterocycles. The second-order valence-electron chi connectivity index (χ2n) is 7.24. The molecule has 36 heavy (non-hydrogen) atoms. The summed E-state index contributed by atoms with van der Waals surface area (Å²) in [5, 5.41) is 35.4. The summed E-state index contributed by atoms with van der Waals surface area (Å²) in [5.74, 6) is -0.0368. The maximum absolute atomic E-state index is 11.5. The van der Waals surface area contributed by atoms with E-state index >= 15 is 0 Å². The van der Waals surface area contributed by atoms with Crippen molar-refractivity contribution in [1.82, 2.24) is 39.0 Å². The lowest BCUT2D eigenvalue weighted by atomic mass is 10.4. The Balaban J connectivity index is 0.000000201. The van der Waals surface area contributed by atoms with Crippen LogP contribution in [0.25, 0.3) is 22.3 Å². The van der Waals surface area contributed by atoms with Crippen molar-refractivity contribution < 1.29 is 29.9 Å². The highest BCUT2D eigenvalue weighted by Crippen LogP contribution is 2.08. The summed E-state index contributed by atoms with van der Waals surface area (Å²) >= 11 is 0. The Labute approximate surface area is 200 Å². The van der Waals surface area contributed by atoms with Gasteiger partial charge in [-0.25, -0.2) is 9.97 Å². The smallest absolute Gasteiger partial charge is 0.280 e. The summed E-state index contributed by atoms with van der Waals surface area (Å²) in [6.45, 7) is -1.23. The highest BCUT2D eigenvalue weighted by molar-refractivity contribution is 5.71. The fraction of sp³-hybridized carbons (Fsp3) is 0.444. The van der Waals surface area contributed by atoms with E-state index in [1.165, 1.54) is 21.8 Å². The molecule has 0 aliphatic carbocycles. The molecule has 18 nitrogen and oxygen atoms in total. The number of H-pyrrole nitrogens is 2. The molecule has 4 aromatic heterocycles. The minimum absolute atomic E-state index is 0.00181. The van der Waals surface area contributed by atoms with Gasteiger partial charge >= 0.3 is 0 Å². The van der Waals surface area contributed by atoms with Crippen LogP contribution in [0.4, 0.5) is 11.9 Å².